The lowest BCUT2D eigenvalue weighted by Gasteiger charge is -2.40. The first kappa shape index (κ1) is 14.2. The van der Waals surface area contributed by atoms with E-state index in [4.69, 9.17) is 4.42 Å². The maximum absolute atomic E-state index is 12.8. The van der Waals surface area contributed by atoms with Crippen LogP contribution in [0.25, 0.3) is 0 Å². The van der Waals surface area contributed by atoms with Gasteiger partial charge >= 0.3 is 0 Å². The van der Waals surface area contributed by atoms with Crippen molar-refractivity contribution in [3.63, 3.8) is 0 Å². The van der Waals surface area contributed by atoms with Gasteiger partial charge in [0.25, 0.3) is 5.91 Å². The fourth-order valence-electron chi connectivity index (χ4n) is 3.12. The standard InChI is InChI=1S/C16H25NO2/c1-5-13-8-6-7-12(4)17(13)16(18)15-14(11(2)3)9-10-19-15/h9-13H,5-8H2,1-4H3/t12-,13+/m0/s1. The van der Waals surface area contributed by atoms with Crippen LogP contribution < -0.4 is 0 Å². The van der Waals surface area contributed by atoms with E-state index in [2.05, 4.69) is 27.7 Å². The number of hydrogen-bond donors (Lipinski definition) is 0. The predicted octanol–water partition coefficient (Wildman–Crippen LogP) is 4.20. The first-order chi connectivity index (χ1) is 9.06. The SMILES string of the molecule is CC[C@@H]1CCC[C@H](C)N1C(=O)c1occc1C(C)C. The minimum Gasteiger partial charge on any atom is -0.459 e. The summed E-state index contributed by atoms with van der Waals surface area (Å²) in [7, 11) is 0. The maximum Gasteiger partial charge on any atom is 0.290 e. The van der Waals surface area contributed by atoms with Crippen molar-refractivity contribution in [2.75, 3.05) is 0 Å². The van der Waals surface area contributed by atoms with E-state index >= 15 is 0 Å². The highest BCUT2D eigenvalue weighted by atomic mass is 16.3. The number of piperidine rings is 1. The zero-order valence-electron chi connectivity index (χ0n) is 12.5. The van der Waals surface area contributed by atoms with E-state index in [9.17, 15) is 4.79 Å². The molecule has 0 spiro atoms. The van der Waals surface area contributed by atoms with Crippen LogP contribution in [0.15, 0.2) is 16.7 Å². The highest BCUT2D eigenvalue weighted by molar-refractivity contribution is 5.93. The number of carbonyl (C=O) groups excluding carboxylic acids is 1. The summed E-state index contributed by atoms with van der Waals surface area (Å²) < 4.78 is 5.49. The van der Waals surface area contributed by atoms with Gasteiger partial charge in [-0.25, -0.2) is 0 Å². The van der Waals surface area contributed by atoms with Gasteiger partial charge in [-0.2, -0.15) is 0 Å². The number of amides is 1. The van der Waals surface area contributed by atoms with Gasteiger partial charge in [0, 0.05) is 17.6 Å². The van der Waals surface area contributed by atoms with Crippen LogP contribution in [0.4, 0.5) is 0 Å². The number of hydrogen-bond acceptors (Lipinski definition) is 2. The highest BCUT2D eigenvalue weighted by Crippen LogP contribution is 2.29. The van der Waals surface area contributed by atoms with Crippen LogP contribution in [0.3, 0.4) is 0 Å². The average Bonchev–Trinajstić information content (AvgIpc) is 2.87. The van der Waals surface area contributed by atoms with E-state index in [1.165, 1.54) is 6.42 Å². The van der Waals surface area contributed by atoms with Crippen LogP contribution in [0, 0.1) is 0 Å². The Morgan fingerprint density at radius 3 is 2.84 bits per heavy atom. The number of nitrogens with zero attached hydrogens (tertiary/aromatic N) is 1. The first-order valence-corrected chi connectivity index (χ1v) is 7.46. The molecule has 1 aromatic rings. The van der Waals surface area contributed by atoms with Crippen LogP contribution >= 0.6 is 0 Å². The molecular formula is C16H25NO2. The third kappa shape index (κ3) is 2.70. The summed E-state index contributed by atoms with van der Waals surface area (Å²) in [5, 5.41) is 0. The van der Waals surface area contributed by atoms with Crippen LogP contribution in [-0.2, 0) is 0 Å². The van der Waals surface area contributed by atoms with Crippen molar-refractivity contribution in [3.05, 3.63) is 23.7 Å². The van der Waals surface area contributed by atoms with E-state index in [1.54, 1.807) is 6.26 Å². The molecule has 1 saturated heterocycles. The van der Waals surface area contributed by atoms with Gasteiger partial charge in [0.2, 0.25) is 0 Å². The third-order valence-corrected chi connectivity index (χ3v) is 4.25. The number of carbonyl (C=O) groups is 1. The molecule has 0 aromatic carbocycles. The molecule has 2 atom stereocenters. The Labute approximate surface area is 116 Å². The van der Waals surface area contributed by atoms with E-state index in [0.29, 0.717) is 23.8 Å². The number of furan rings is 1. The maximum atomic E-state index is 12.8. The summed E-state index contributed by atoms with van der Waals surface area (Å²) in [4.78, 5) is 14.8. The molecule has 106 valence electrons. The Balaban J connectivity index is 2.28. The van der Waals surface area contributed by atoms with E-state index in [-0.39, 0.29) is 5.91 Å². The summed E-state index contributed by atoms with van der Waals surface area (Å²) in [5.41, 5.74) is 1.03. The molecule has 3 nitrogen and oxygen atoms in total. The van der Waals surface area contributed by atoms with Gasteiger partial charge in [0.1, 0.15) is 0 Å². The van der Waals surface area contributed by atoms with Crippen molar-refractivity contribution < 1.29 is 9.21 Å². The van der Waals surface area contributed by atoms with Crippen LogP contribution in [-0.4, -0.2) is 22.9 Å². The van der Waals surface area contributed by atoms with Crippen LogP contribution in [0.2, 0.25) is 0 Å². The Morgan fingerprint density at radius 1 is 1.47 bits per heavy atom. The molecule has 2 rings (SSSR count). The smallest absolute Gasteiger partial charge is 0.290 e. The minimum atomic E-state index is 0.0766. The minimum absolute atomic E-state index is 0.0766. The topological polar surface area (TPSA) is 33.5 Å². The lowest BCUT2D eigenvalue weighted by molar-refractivity contribution is 0.0439. The molecule has 1 aliphatic heterocycles. The zero-order valence-corrected chi connectivity index (χ0v) is 12.5. The van der Waals surface area contributed by atoms with Crippen LogP contribution in [0.5, 0.6) is 0 Å². The summed E-state index contributed by atoms with van der Waals surface area (Å²) in [5.74, 6) is 0.938. The van der Waals surface area contributed by atoms with Gasteiger partial charge in [0.15, 0.2) is 5.76 Å². The van der Waals surface area contributed by atoms with E-state index in [0.717, 1.165) is 24.8 Å². The zero-order chi connectivity index (χ0) is 14.0. The van der Waals surface area contributed by atoms with Crippen molar-refractivity contribution in [2.24, 2.45) is 0 Å². The van der Waals surface area contributed by atoms with Gasteiger partial charge in [-0.15, -0.1) is 0 Å². The van der Waals surface area contributed by atoms with E-state index in [1.807, 2.05) is 11.0 Å². The molecule has 0 unspecified atom stereocenters. The summed E-state index contributed by atoms with van der Waals surface area (Å²) >= 11 is 0. The largest absolute Gasteiger partial charge is 0.459 e. The number of likely N-dealkylation sites (tertiary alicyclic amines) is 1. The lowest BCUT2D eigenvalue weighted by Crippen LogP contribution is -2.48. The second-order valence-corrected chi connectivity index (χ2v) is 5.91. The molecule has 0 saturated carbocycles. The van der Waals surface area contributed by atoms with Crippen molar-refractivity contribution in [3.8, 4) is 0 Å². The molecule has 0 bridgehead atoms. The van der Waals surface area contributed by atoms with Gasteiger partial charge in [-0.05, 0) is 44.6 Å². The summed E-state index contributed by atoms with van der Waals surface area (Å²) in [6, 6.07) is 2.60. The molecule has 0 aliphatic carbocycles. The Hall–Kier alpha value is -1.25. The summed E-state index contributed by atoms with van der Waals surface area (Å²) in [6.45, 7) is 8.50. The molecule has 1 fully saturated rings. The van der Waals surface area contributed by atoms with Gasteiger partial charge in [-0.3, -0.25) is 4.79 Å². The van der Waals surface area contributed by atoms with Crippen molar-refractivity contribution in [1.29, 1.82) is 0 Å². The molecule has 19 heavy (non-hydrogen) atoms. The molecule has 0 radical (unpaired) electrons. The van der Waals surface area contributed by atoms with Gasteiger partial charge < -0.3 is 9.32 Å². The molecule has 3 heteroatoms. The second-order valence-electron chi connectivity index (χ2n) is 5.91. The molecule has 0 N–H and O–H groups in total. The summed E-state index contributed by atoms with van der Waals surface area (Å²) in [6.07, 6.45) is 6.09. The Morgan fingerprint density at radius 2 is 2.21 bits per heavy atom. The number of rotatable bonds is 3. The lowest BCUT2D eigenvalue weighted by atomic mass is 9.93. The molecule has 2 heterocycles. The van der Waals surface area contributed by atoms with Crippen LogP contribution in [0.1, 0.15) is 75.4 Å². The Kier molecular flexibility index (Phi) is 4.33. The van der Waals surface area contributed by atoms with Crippen molar-refractivity contribution in [1.82, 2.24) is 4.90 Å². The van der Waals surface area contributed by atoms with Gasteiger partial charge in [-0.1, -0.05) is 20.8 Å². The normalized spacial score (nSPS) is 23.9. The second kappa shape index (κ2) is 5.81. The third-order valence-electron chi connectivity index (χ3n) is 4.25. The monoisotopic (exact) mass is 263 g/mol. The fourth-order valence-corrected chi connectivity index (χ4v) is 3.12. The molecule has 1 aliphatic rings. The molecule has 1 amide bonds. The fraction of sp³-hybridized carbons (Fsp3) is 0.688. The van der Waals surface area contributed by atoms with E-state index < -0.39 is 0 Å². The molecular weight excluding hydrogens is 238 g/mol. The van der Waals surface area contributed by atoms with Crippen molar-refractivity contribution >= 4 is 5.91 Å². The Bertz CT molecular complexity index is 436. The quantitative estimate of drug-likeness (QED) is 0.819. The predicted molar refractivity (Wildman–Crippen MR) is 76.4 cm³/mol. The average molecular weight is 263 g/mol. The van der Waals surface area contributed by atoms with Crippen molar-refractivity contribution in [2.45, 2.75) is 71.4 Å². The first-order valence-electron chi connectivity index (χ1n) is 7.46. The molecule has 1 aromatic heterocycles. The highest BCUT2D eigenvalue weighted by Gasteiger charge is 2.33. The van der Waals surface area contributed by atoms with Gasteiger partial charge in [0.05, 0.1) is 6.26 Å².